The van der Waals surface area contributed by atoms with E-state index in [2.05, 4.69) is 10.1 Å². The predicted molar refractivity (Wildman–Crippen MR) is 53.9 cm³/mol. The SMILES string of the molecule is CCOC(=O)N[C@H]1[C@@H](O)[C@H](O)[C@@H](CO)O[C@H]1O. The summed E-state index contributed by atoms with van der Waals surface area (Å²) in [6.07, 6.45) is -6.33. The maximum absolute atomic E-state index is 11.1. The zero-order valence-corrected chi connectivity index (χ0v) is 9.31. The van der Waals surface area contributed by atoms with Gasteiger partial charge in [0, 0.05) is 0 Å². The van der Waals surface area contributed by atoms with E-state index in [1.807, 2.05) is 0 Å². The minimum atomic E-state index is -1.53. The van der Waals surface area contributed by atoms with Crippen molar-refractivity contribution >= 4 is 6.09 Å². The van der Waals surface area contributed by atoms with Crippen LogP contribution >= 0.6 is 0 Å². The van der Waals surface area contributed by atoms with Crippen LogP contribution in [0.1, 0.15) is 6.92 Å². The summed E-state index contributed by atoms with van der Waals surface area (Å²) in [5, 5.41) is 39.7. The lowest BCUT2D eigenvalue weighted by Crippen LogP contribution is -2.64. The van der Waals surface area contributed by atoms with Gasteiger partial charge in [-0.05, 0) is 6.92 Å². The van der Waals surface area contributed by atoms with Crippen LogP contribution in [0.2, 0.25) is 0 Å². The zero-order valence-electron chi connectivity index (χ0n) is 9.31. The summed E-state index contributed by atoms with van der Waals surface area (Å²) < 4.78 is 9.41. The summed E-state index contributed by atoms with van der Waals surface area (Å²) >= 11 is 0. The van der Waals surface area contributed by atoms with E-state index in [4.69, 9.17) is 9.84 Å². The van der Waals surface area contributed by atoms with Crippen molar-refractivity contribution in [1.82, 2.24) is 5.32 Å². The van der Waals surface area contributed by atoms with Crippen LogP contribution in [0.4, 0.5) is 4.79 Å². The molecule has 1 aliphatic heterocycles. The molecule has 0 aliphatic carbocycles. The van der Waals surface area contributed by atoms with Gasteiger partial charge in [0.2, 0.25) is 0 Å². The molecule has 0 spiro atoms. The smallest absolute Gasteiger partial charge is 0.407 e. The number of hydrogen-bond acceptors (Lipinski definition) is 7. The van der Waals surface area contributed by atoms with E-state index < -0.39 is 43.3 Å². The number of carbonyl (C=O) groups excluding carboxylic acids is 1. The molecule has 100 valence electrons. The van der Waals surface area contributed by atoms with Crippen molar-refractivity contribution < 1.29 is 34.7 Å². The second-order valence-corrected chi connectivity index (χ2v) is 3.62. The Bertz CT molecular complexity index is 262. The first-order valence-electron chi connectivity index (χ1n) is 5.25. The Morgan fingerprint density at radius 1 is 1.35 bits per heavy atom. The maximum atomic E-state index is 11.1. The summed E-state index contributed by atoms with van der Waals surface area (Å²) in [6, 6.07) is -1.22. The largest absolute Gasteiger partial charge is 0.450 e. The minimum absolute atomic E-state index is 0.132. The average molecular weight is 251 g/mol. The zero-order chi connectivity index (χ0) is 13.0. The lowest BCUT2D eigenvalue weighted by molar-refractivity contribution is -0.253. The molecule has 0 aromatic rings. The molecule has 1 aliphatic rings. The summed E-state index contributed by atoms with van der Waals surface area (Å²) in [5.41, 5.74) is 0. The fourth-order valence-corrected chi connectivity index (χ4v) is 1.56. The van der Waals surface area contributed by atoms with Crippen molar-refractivity contribution in [3.8, 4) is 0 Å². The molecule has 5 atom stereocenters. The fraction of sp³-hybridized carbons (Fsp3) is 0.889. The van der Waals surface area contributed by atoms with Crippen molar-refractivity contribution in [3.05, 3.63) is 0 Å². The van der Waals surface area contributed by atoms with Crippen molar-refractivity contribution in [1.29, 1.82) is 0 Å². The molecule has 0 unspecified atom stereocenters. The van der Waals surface area contributed by atoms with Crippen LogP contribution in [0, 0.1) is 0 Å². The van der Waals surface area contributed by atoms with E-state index in [1.165, 1.54) is 0 Å². The Kier molecular flexibility index (Phi) is 5.09. The number of aliphatic hydroxyl groups is 4. The van der Waals surface area contributed by atoms with Gasteiger partial charge in [0.05, 0.1) is 13.2 Å². The Labute approximate surface area is 97.8 Å². The van der Waals surface area contributed by atoms with Crippen molar-refractivity contribution in [2.24, 2.45) is 0 Å². The second-order valence-electron chi connectivity index (χ2n) is 3.62. The molecule has 0 aromatic heterocycles. The summed E-state index contributed by atoms with van der Waals surface area (Å²) in [5.74, 6) is 0. The van der Waals surface area contributed by atoms with Gasteiger partial charge in [-0.15, -0.1) is 0 Å². The van der Waals surface area contributed by atoms with Gasteiger partial charge in [-0.25, -0.2) is 4.79 Å². The van der Waals surface area contributed by atoms with Gasteiger partial charge in [-0.2, -0.15) is 0 Å². The topological polar surface area (TPSA) is 128 Å². The summed E-state index contributed by atoms with van der Waals surface area (Å²) in [6.45, 7) is 1.18. The third-order valence-electron chi connectivity index (χ3n) is 2.46. The number of aliphatic hydroxyl groups excluding tert-OH is 4. The lowest BCUT2D eigenvalue weighted by atomic mass is 9.97. The molecule has 0 saturated carbocycles. The van der Waals surface area contributed by atoms with E-state index in [-0.39, 0.29) is 6.61 Å². The van der Waals surface area contributed by atoms with E-state index in [1.54, 1.807) is 6.92 Å². The van der Waals surface area contributed by atoms with Crippen molar-refractivity contribution in [2.75, 3.05) is 13.2 Å². The minimum Gasteiger partial charge on any atom is -0.450 e. The molecule has 1 fully saturated rings. The average Bonchev–Trinajstić information content (AvgIpc) is 2.29. The van der Waals surface area contributed by atoms with Crippen LogP contribution in [0.5, 0.6) is 0 Å². The van der Waals surface area contributed by atoms with Crippen LogP contribution < -0.4 is 5.32 Å². The molecule has 1 saturated heterocycles. The van der Waals surface area contributed by atoms with Gasteiger partial charge >= 0.3 is 6.09 Å². The Morgan fingerprint density at radius 2 is 2.00 bits per heavy atom. The van der Waals surface area contributed by atoms with Gasteiger partial charge in [0.1, 0.15) is 24.4 Å². The van der Waals surface area contributed by atoms with Crippen LogP contribution in [0.25, 0.3) is 0 Å². The van der Waals surface area contributed by atoms with E-state index in [9.17, 15) is 20.1 Å². The van der Waals surface area contributed by atoms with Gasteiger partial charge in [0.15, 0.2) is 6.29 Å². The number of hydrogen-bond donors (Lipinski definition) is 5. The predicted octanol–water partition coefficient (Wildman–Crippen LogP) is -2.47. The van der Waals surface area contributed by atoms with Crippen LogP contribution in [-0.2, 0) is 9.47 Å². The second kappa shape index (κ2) is 6.12. The first kappa shape index (κ1) is 14.1. The van der Waals surface area contributed by atoms with E-state index in [0.29, 0.717) is 0 Å². The number of rotatable bonds is 3. The number of ether oxygens (including phenoxy) is 2. The molecule has 17 heavy (non-hydrogen) atoms. The summed E-state index contributed by atoms with van der Waals surface area (Å²) in [4.78, 5) is 11.1. The first-order chi connectivity index (χ1) is 8.01. The monoisotopic (exact) mass is 251 g/mol. The highest BCUT2D eigenvalue weighted by Crippen LogP contribution is 2.19. The standard InChI is InChI=1S/C9H17NO7/c1-2-16-9(15)10-5-7(13)6(12)4(3-11)17-8(5)14/h4-8,11-14H,2-3H2,1H3,(H,10,15)/t4-,5+,6-,7-,8-/m1/s1. The van der Waals surface area contributed by atoms with Gasteiger partial charge in [-0.3, -0.25) is 0 Å². The Balaban J connectivity index is 2.63. The van der Waals surface area contributed by atoms with Gasteiger partial charge in [0.25, 0.3) is 0 Å². The maximum Gasteiger partial charge on any atom is 0.407 e. The van der Waals surface area contributed by atoms with E-state index >= 15 is 0 Å². The number of alkyl carbamates (subject to hydrolysis) is 1. The number of nitrogens with one attached hydrogen (secondary N) is 1. The molecular weight excluding hydrogens is 234 g/mol. The Morgan fingerprint density at radius 3 is 2.53 bits per heavy atom. The molecule has 8 nitrogen and oxygen atoms in total. The van der Waals surface area contributed by atoms with Crippen LogP contribution in [0.3, 0.4) is 0 Å². The van der Waals surface area contributed by atoms with E-state index in [0.717, 1.165) is 0 Å². The molecule has 1 amide bonds. The van der Waals surface area contributed by atoms with Gasteiger partial charge in [-0.1, -0.05) is 0 Å². The third kappa shape index (κ3) is 3.27. The normalized spacial score (nSPS) is 37.6. The molecule has 1 heterocycles. The van der Waals surface area contributed by atoms with Crippen LogP contribution in [0.15, 0.2) is 0 Å². The van der Waals surface area contributed by atoms with Gasteiger partial charge < -0.3 is 35.2 Å². The molecule has 5 N–H and O–H groups in total. The highest BCUT2D eigenvalue weighted by atomic mass is 16.6. The molecular formula is C9H17NO7. The Hall–Kier alpha value is -0.930. The first-order valence-corrected chi connectivity index (χ1v) is 5.25. The van der Waals surface area contributed by atoms with Crippen molar-refractivity contribution in [3.63, 3.8) is 0 Å². The molecule has 0 aromatic carbocycles. The van der Waals surface area contributed by atoms with Crippen LogP contribution in [-0.4, -0.2) is 70.4 Å². The molecule has 1 rings (SSSR count). The number of carbonyl (C=O) groups is 1. The fourth-order valence-electron chi connectivity index (χ4n) is 1.56. The molecule has 8 heteroatoms. The number of amides is 1. The highest BCUT2D eigenvalue weighted by molar-refractivity contribution is 5.67. The van der Waals surface area contributed by atoms with Crippen molar-refractivity contribution in [2.45, 2.75) is 37.6 Å². The molecule has 0 bridgehead atoms. The molecule has 0 radical (unpaired) electrons. The lowest BCUT2D eigenvalue weighted by Gasteiger charge is -2.39. The highest BCUT2D eigenvalue weighted by Gasteiger charge is 2.44. The quantitative estimate of drug-likeness (QED) is 0.376. The third-order valence-corrected chi connectivity index (χ3v) is 2.46. The summed E-state index contributed by atoms with van der Waals surface area (Å²) in [7, 11) is 0.